The van der Waals surface area contributed by atoms with E-state index in [2.05, 4.69) is 13.8 Å². The zero-order valence-corrected chi connectivity index (χ0v) is 8.01. The molecule has 2 aliphatic rings. The van der Waals surface area contributed by atoms with Gasteiger partial charge in [0.1, 0.15) is 0 Å². The smallest absolute Gasteiger partial charge is 0.0942 e. The van der Waals surface area contributed by atoms with E-state index in [4.69, 9.17) is 9.47 Å². The molecular formula is C10H18O2. The van der Waals surface area contributed by atoms with Crippen LogP contribution < -0.4 is 0 Å². The van der Waals surface area contributed by atoms with Gasteiger partial charge in [0, 0.05) is 0 Å². The number of hydrogen-bond donors (Lipinski definition) is 0. The summed E-state index contributed by atoms with van der Waals surface area (Å²) in [6.45, 7) is 6.45. The molecule has 0 aromatic heterocycles. The highest BCUT2D eigenvalue weighted by molar-refractivity contribution is 4.98. The summed E-state index contributed by atoms with van der Waals surface area (Å²) in [5.74, 6) is 0.731. The normalized spacial score (nSPS) is 41.0. The van der Waals surface area contributed by atoms with Gasteiger partial charge in [-0.3, -0.25) is 0 Å². The van der Waals surface area contributed by atoms with Gasteiger partial charge in [-0.1, -0.05) is 20.3 Å². The standard InChI is InChI=1S/C10H18O2/c1-3-8(5-9-6-11-9)10(4-2)7-12-10/h8-9H,3-7H2,1-2H3. The third-order valence-electron chi connectivity index (χ3n) is 3.30. The summed E-state index contributed by atoms with van der Waals surface area (Å²) in [5, 5.41) is 0. The minimum Gasteiger partial charge on any atom is -0.373 e. The van der Waals surface area contributed by atoms with Gasteiger partial charge < -0.3 is 9.47 Å². The molecule has 0 saturated carbocycles. The van der Waals surface area contributed by atoms with E-state index >= 15 is 0 Å². The van der Waals surface area contributed by atoms with Gasteiger partial charge in [0.2, 0.25) is 0 Å². The molecule has 0 aromatic carbocycles. The average Bonchev–Trinajstić information content (AvgIpc) is 2.95. The van der Waals surface area contributed by atoms with Crippen molar-refractivity contribution in [1.82, 2.24) is 0 Å². The molecule has 0 aliphatic carbocycles. The van der Waals surface area contributed by atoms with Crippen LogP contribution >= 0.6 is 0 Å². The van der Waals surface area contributed by atoms with Crippen molar-refractivity contribution in [1.29, 1.82) is 0 Å². The van der Waals surface area contributed by atoms with E-state index < -0.39 is 0 Å². The van der Waals surface area contributed by atoms with Crippen molar-refractivity contribution in [2.75, 3.05) is 13.2 Å². The first-order valence-corrected chi connectivity index (χ1v) is 5.06. The second-order valence-electron chi connectivity index (χ2n) is 4.00. The summed E-state index contributed by atoms with van der Waals surface area (Å²) < 4.78 is 10.8. The number of epoxide rings is 2. The lowest BCUT2D eigenvalue weighted by molar-refractivity contribution is 0.183. The molecule has 70 valence electrons. The van der Waals surface area contributed by atoms with Gasteiger partial charge >= 0.3 is 0 Å². The van der Waals surface area contributed by atoms with Crippen molar-refractivity contribution in [2.45, 2.75) is 44.8 Å². The highest BCUT2D eigenvalue weighted by Crippen LogP contribution is 2.43. The van der Waals surface area contributed by atoms with Crippen LogP contribution in [0.15, 0.2) is 0 Å². The predicted octanol–water partition coefficient (Wildman–Crippen LogP) is 1.98. The fraction of sp³-hybridized carbons (Fsp3) is 1.00. The molecule has 2 nitrogen and oxygen atoms in total. The maximum atomic E-state index is 5.57. The minimum absolute atomic E-state index is 0.251. The van der Waals surface area contributed by atoms with E-state index in [1.54, 1.807) is 0 Å². The molecule has 0 N–H and O–H groups in total. The zero-order valence-electron chi connectivity index (χ0n) is 8.01. The molecule has 3 unspecified atom stereocenters. The monoisotopic (exact) mass is 170 g/mol. The van der Waals surface area contributed by atoms with Crippen LogP contribution in [0.2, 0.25) is 0 Å². The van der Waals surface area contributed by atoms with Gasteiger partial charge in [0.15, 0.2) is 0 Å². The Bertz CT molecular complexity index is 159. The fourth-order valence-corrected chi connectivity index (χ4v) is 2.10. The van der Waals surface area contributed by atoms with Gasteiger partial charge in [0.25, 0.3) is 0 Å². The lowest BCUT2D eigenvalue weighted by Crippen LogP contribution is -2.24. The molecule has 2 rings (SSSR count). The van der Waals surface area contributed by atoms with E-state index in [0.717, 1.165) is 25.6 Å². The Labute approximate surface area is 74.2 Å². The van der Waals surface area contributed by atoms with Gasteiger partial charge in [0.05, 0.1) is 24.9 Å². The molecule has 2 saturated heterocycles. The van der Waals surface area contributed by atoms with E-state index in [0.29, 0.717) is 6.10 Å². The summed E-state index contributed by atoms with van der Waals surface area (Å²) in [6.07, 6.45) is 4.17. The predicted molar refractivity (Wildman–Crippen MR) is 47.1 cm³/mol. The molecule has 0 spiro atoms. The quantitative estimate of drug-likeness (QED) is 0.589. The van der Waals surface area contributed by atoms with Gasteiger partial charge in [-0.15, -0.1) is 0 Å². The van der Waals surface area contributed by atoms with E-state index in [1.807, 2.05) is 0 Å². The second kappa shape index (κ2) is 3.00. The van der Waals surface area contributed by atoms with Gasteiger partial charge in [-0.05, 0) is 18.8 Å². The Kier molecular flexibility index (Phi) is 2.13. The highest BCUT2D eigenvalue weighted by atomic mass is 16.6. The highest BCUT2D eigenvalue weighted by Gasteiger charge is 2.50. The van der Waals surface area contributed by atoms with Gasteiger partial charge in [-0.25, -0.2) is 0 Å². The van der Waals surface area contributed by atoms with Crippen LogP contribution in [0.1, 0.15) is 33.1 Å². The number of rotatable bonds is 5. The topological polar surface area (TPSA) is 25.1 Å². The first-order valence-electron chi connectivity index (χ1n) is 5.06. The summed E-state index contributed by atoms with van der Waals surface area (Å²) in [7, 11) is 0. The van der Waals surface area contributed by atoms with Crippen LogP contribution in [0.25, 0.3) is 0 Å². The SMILES string of the molecule is CCC(CC1CO1)C1(CC)CO1. The van der Waals surface area contributed by atoms with Crippen LogP contribution in [0.4, 0.5) is 0 Å². The Hall–Kier alpha value is -0.0800. The van der Waals surface area contributed by atoms with E-state index in [-0.39, 0.29) is 5.60 Å². The summed E-state index contributed by atoms with van der Waals surface area (Å²) in [5.41, 5.74) is 0.251. The molecule has 0 aromatic rings. The van der Waals surface area contributed by atoms with E-state index in [9.17, 15) is 0 Å². The lowest BCUT2D eigenvalue weighted by atomic mass is 9.85. The summed E-state index contributed by atoms with van der Waals surface area (Å²) >= 11 is 0. The summed E-state index contributed by atoms with van der Waals surface area (Å²) in [6, 6.07) is 0. The minimum atomic E-state index is 0.251. The van der Waals surface area contributed by atoms with Crippen LogP contribution in [0.3, 0.4) is 0 Å². The molecule has 2 heteroatoms. The zero-order chi connectivity index (χ0) is 8.60. The maximum absolute atomic E-state index is 5.57. The number of ether oxygens (including phenoxy) is 2. The first-order chi connectivity index (χ1) is 5.80. The van der Waals surface area contributed by atoms with Crippen LogP contribution in [0.5, 0.6) is 0 Å². The lowest BCUT2D eigenvalue weighted by Gasteiger charge is -2.20. The van der Waals surface area contributed by atoms with Crippen LogP contribution in [0, 0.1) is 5.92 Å². The van der Waals surface area contributed by atoms with Gasteiger partial charge in [-0.2, -0.15) is 0 Å². The first kappa shape index (κ1) is 8.52. The Morgan fingerprint density at radius 2 is 2.17 bits per heavy atom. The van der Waals surface area contributed by atoms with Crippen molar-refractivity contribution in [3.63, 3.8) is 0 Å². The third kappa shape index (κ3) is 1.50. The van der Waals surface area contributed by atoms with E-state index in [1.165, 1.54) is 12.8 Å². The molecule has 2 heterocycles. The Balaban J connectivity index is 1.87. The molecule has 0 radical (unpaired) electrons. The molecule has 3 atom stereocenters. The Morgan fingerprint density at radius 3 is 2.50 bits per heavy atom. The third-order valence-corrected chi connectivity index (χ3v) is 3.30. The maximum Gasteiger partial charge on any atom is 0.0942 e. The summed E-state index contributed by atoms with van der Waals surface area (Å²) in [4.78, 5) is 0. The molecular weight excluding hydrogens is 152 g/mol. The van der Waals surface area contributed by atoms with Crippen LogP contribution in [-0.4, -0.2) is 24.9 Å². The van der Waals surface area contributed by atoms with Crippen molar-refractivity contribution in [3.8, 4) is 0 Å². The van der Waals surface area contributed by atoms with Crippen molar-refractivity contribution in [2.24, 2.45) is 5.92 Å². The van der Waals surface area contributed by atoms with Crippen molar-refractivity contribution < 1.29 is 9.47 Å². The molecule has 0 bridgehead atoms. The molecule has 2 aliphatic heterocycles. The fourth-order valence-electron chi connectivity index (χ4n) is 2.10. The molecule has 12 heavy (non-hydrogen) atoms. The average molecular weight is 170 g/mol. The molecule has 0 amide bonds. The van der Waals surface area contributed by atoms with Crippen LogP contribution in [-0.2, 0) is 9.47 Å². The Morgan fingerprint density at radius 1 is 1.50 bits per heavy atom. The largest absolute Gasteiger partial charge is 0.373 e. The number of hydrogen-bond acceptors (Lipinski definition) is 2. The van der Waals surface area contributed by atoms with Crippen molar-refractivity contribution in [3.05, 3.63) is 0 Å². The second-order valence-corrected chi connectivity index (χ2v) is 4.00. The van der Waals surface area contributed by atoms with Crippen molar-refractivity contribution >= 4 is 0 Å². The molecule has 2 fully saturated rings.